The van der Waals surface area contributed by atoms with Crippen LogP contribution in [0.5, 0.6) is 0 Å². The number of hydrogen-bond donors (Lipinski definition) is 7. The summed E-state index contributed by atoms with van der Waals surface area (Å²) in [6, 6.07) is -1.26. The van der Waals surface area contributed by atoms with Gasteiger partial charge in [0.05, 0.1) is 19.8 Å². The summed E-state index contributed by atoms with van der Waals surface area (Å²) in [5.74, 6) is 4.71. The molecule has 6 aliphatic rings. The van der Waals surface area contributed by atoms with Crippen LogP contribution in [0.15, 0.2) is 0 Å². The van der Waals surface area contributed by atoms with E-state index >= 15 is 0 Å². The summed E-state index contributed by atoms with van der Waals surface area (Å²) < 4.78 is 23.8. The van der Waals surface area contributed by atoms with Crippen molar-refractivity contribution in [2.45, 2.75) is 179 Å². The molecule has 2 saturated heterocycles. The molecule has 6 fully saturated rings. The number of aliphatic hydroxyl groups excluding tert-OH is 6. The fraction of sp³-hybridized carbons (Fsp3) is 0.976. The SMILES string of the molecule is CC(=O)N[C@H]1[C@H](O[C@H]2[C@H](OCC(C)CCC[C@@H](C)[C@H]3CC[C@H]4[C@@H]5CC[C@H]6CCCC[C@]6(C)[C@H]5CC[C@]34C)O[C@H](CO)[C@H](O)[C@@H]2O)O[C@H](CO)[C@@H](O)[C@@H]1O. The van der Waals surface area contributed by atoms with Crippen molar-refractivity contribution in [3.05, 3.63) is 0 Å². The van der Waals surface area contributed by atoms with E-state index in [0.717, 1.165) is 48.9 Å². The second kappa shape index (κ2) is 17.3. The first-order valence-corrected chi connectivity index (χ1v) is 21.0. The lowest BCUT2D eigenvalue weighted by Crippen LogP contribution is -2.67. The summed E-state index contributed by atoms with van der Waals surface area (Å²) in [7, 11) is 0. The van der Waals surface area contributed by atoms with Gasteiger partial charge in [-0.2, -0.15) is 0 Å². The molecule has 306 valence electrons. The fourth-order valence-electron chi connectivity index (χ4n) is 12.7. The van der Waals surface area contributed by atoms with Crippen LogP contribution >= 0.6 is 0 Å². The van der Waals surface area contributed by atoms with Gasteiger partial charge in [0.2, 0.25) is 5.91 Å². The Labute approximate surface area is 316 Å². The van der Waals surface area contributed by atoms with E-state index in [1.807, 2.05) is 0 Å². The maximum absolute atomic E-state index is 11.9. The summed E-state index contributed by atoms with van der Waals surface area (Å²) >= 11 is 0. The molecule has 1 unspecified atom stereocenters. The van der Waals surface area contributed by atoms with Gasteiger partial charge in [0.25, 0.3) is 0 Å². The molecule has 6 rings (SSSR count). The molecule has 0 spiro atoms. The van der Waals surface area contributed by atoms with Gasteiger partial charge in [-0.3, -0.25) is 4.79 Å². The molecule has 12 heteroatoms. The zero-order chi connectivity index (χ0) is 38.2. The quantitative estimate of drug-likeness (QED) is 0.146. The smallest absolute Gasteiger partial charge is 0.217 e. The Morgan fingerprint density at radius 2 is 1.47 bits per heavy atom. The van der Waals surface area contributed by atoms with E-state index < -0.39 is 80.5 Å². The average Bonchev–Trinajstić information content (AvgIpc) is 3.49. The Morgan fingerprint density at radius 3 is 2.17 bits per heavy atom. The van der Waals surface area contributed by atoms with Gasteiger partial charge in [-0.25, -0.2) is 0 Å². The number of rotatable bonds is 13. The molecule has 4 aliphatic carbocycles. The van der Waals surface area contributed by atoms with Gasteiger partial charge in [0, 0.05) is 6.92 Å². The van der Waals surface area contributed by atoms with Gasteiger partial charge in [0.1, 0.15) is 48.8 Å². The minimum Gasteiger partial charge on any atom is -0.394 e. The van der Waals surface area contributed by atoms with Gasteiger partial charge in [-0.15, -0.1) is 0 Å². The second-order valence-electron chi connectivity index (χ2n) is 18.7. The van der Waals surface area contributed by atoms with Crippen LogP contribution in [0.1, 0.15) is 118 Å². The molecule has 2 heterocycles. The average molecular weight is 754 g/mol. The first kappa shape index (κ1) is 41.7. The Hall–Kier alpha value is -0.930. The van der Waals surface area contributed by atoms with E-state index in [9.17, 15) is 35.4 Å². The van der Waals surface area contributed by atoms with Crippen molar-refractivity contribution in [3.63, 3.8) is 0 Å². The topological polar surface area (TPSA) is 187 Å². The molecule has 0 aromatic carbocycles. The molecule has 4 saturated carbocycles. The van der Waals surface area contributed by atoms with Crippen LogP contribution in [-0.2, 0) is 23.7 Å². The number of fused-ring (bicyclic) bond motifs is 5. The van der Waals surface area contributed by atoms with Gasteiger partial charge < -0.3 is 54.9 Å². The van der Waals surface area contributed by atoms with Crippen molar-refractivity contribution in [1.29, 1.82) is 0 Å². The highest BCUT2D eigenvalue weighted by atomic mass is 16.7. The van der Waals surface area contributed by atoms with Crippen LogP contribution in [0.3, 0.4) is 0 Å². The standard InChI is InChI=1S/C41H71NO11/c1-22(9-8-10-23(2)27-14-15-28-26-13-12-25-11-6-7-17-40(25,4)29(26)16-18-41(27,28)5)21-50-39-37(36(49)34(47)31(20-44)52-39)53-38-32(42-24(3)45)35(48)33(46)30(19-43)51-38/h22-23,25-39,43-44,46-49H,6-21H2,1-5H3,(H,42,45)/t22?,23-,25-,26+,27-,28+,29+,30-,31-,32-,33-,34+,35-,36+,37-,38+,39-,40+,41-/m1/s1. The minimum atomic E-state index is -1.58. The monoisotopic (exact) mass is 754 g/mol. The fourth-order valence-corrected chi connectivity index (χ4v) is 12.7. The van der Waals surface area contributed by atoms with Crippen molar-refractivity contribution >= 4 is 5.91 Å². The molecule has 53 heavy (non-hydrogen) atoms. The number of carbonyl (C=O) groups excluding carboxylic acids is 1. The molecule has 2 aliphatic heterocycles. The molecular weight excluding hydrogens is 682 g/mol. The Bertz CT molecular complexity index is 1210. The van der Waals surface area contributed by atoms with E-state index in [1.54, 1.807) is 0 Å². The molecule has 12 nitrogen and oxygen atoms in total. The highest BCUT2D eigenvalue weighted by Gasteiger charge is 2.60. The van der Waals surface area contributed by atoms with Gasteiger partial charge >= 0.3 is 0 Å². The number of hydrogen-bond acceptors (Lipinski definition) is 11. The largest absolute Gasteiger partial charge is 0.394 e. The summed E-state index contributed by atoms with van der Waals surface area (Å²) in [4.78, 5) is 11.9. The number of nitrogens with one attached hydrogen (secondary N) is 1. The van der Waals surface area contributed by atoms with E-state index in [4.69, 9.17) is 18.9 Å². The highest BCUT2D eigenvalue weighted by molar-refractivity contribution is 5.73. The first-order valence-electron chi connectivity index (χ1n) is 21.0. The maximum Gasteiger partial charge on any atom is 0.217 e. The summed E-state index contributed by atoms with van der Waals surface area (Å²) in [5.41, 5.74) is 1.02. The summed E-state index contributed by atoms with van der Waals surface area (Å²) in [6.07, 6.45) is 4.88. The van der Waals surface area contributed by atoms with Crippen LogP contribution in [-0.4, -0.2) is 118 Å². The van der Waals surface area contributed by atoms with E-state index in [-0.39, 0.29) is 12.5 Å². The van der Waals surface area contributed by atoms with Crippen molar-refractivity contribution in [2.75, 3.05) is 19.8 Å². The lowest BCUT2D eigenvalue weighted by molar-refractivity contribution is -0.356. The van der Waals surface area contributed by atoms with Gasteiger partial charge in [-0.1, -0.05) is 53.4 Å². The van der Waals surface area contributed by atoms with E-state index in [0.29, 0.717) is 16.7 Å². The van der Waals surface area contributed by atoms with Crippen molar-refractivity contribution < 1.29 is 54.4 Å². The van der Waals surface area contributed by atoms with Crippen LogP contribution < -0.4 is 5.32 Å². The van der Waals surface area contributed by atoms with Gasteiger partial charge in [-0.05, 0) is 110 Å². The Balaban J connectivity index is 1.02. The predicted molar refractivity (Wildman–Crippen MR) is 196 cm³/mol. The lowest BCUT2D eigenvalue weighted by Gasteiger charge is -2.61. The first-order chi connectivity index (χ1) is 25.2. The molecule has 0 aromatic heterocycles. The predicted octanol–water partition coefficient (Wildman–Crippen LogP) is 3.26. The minimum absolute atomic E-state index is 0.144. The third kappa shape index (κ3) is 8.25. The molecule has 0 radical (unpaired) electrons. The maximum atomic E-state index is 11.9. The second-order valence-corrected chi connectivity index (χ2v) is 18.7. The lowest BCUT2D eigenvalue weighted by atomic mass is 9.44. The van der Waals surface area contributed by atoms with Crippen LogP contribution in [0.2, 0.25) is 0 Å². The summed E-state index contributed by atoms with van der Waals surface area (Å²) in [5, 5.41) is 65.0. The molecule has 1 amide bonds. The Morgan fingerprint density at radius 1 is 0.792 bits per heavy atom. The molecular formula is C41H71NO11. The molecule has 7 N–H and O–H groups in total. The normalized spacial score (nSPS) is 48.2. The van der Waals surface area contributed by atoms with Gasteiger partial charge in [0.15, 0.2) is 12.6 Å². The van der Waals surface area contributed by atoms with E-state index in [1.165, 1.54) is 71.1 Å². The Kier molecular flexibility index (Phi) is 13.6. The van der Waals surface area contributed by atoms with E-state index in [2.05, 4.69) is 33.0 Å². The van der Waals surface area contributed by atoms with Crippen molar-refractivity contribution in [1.82, 2.24) is 5.32 Å². The number of aliphatic hydroxyl groups is 6. The van der Waals surface area contributed by atoms with Crippen LogP contribution in [0.25, 0.3) is 0 Å². The molecule has 19 atom stereocenters. The third-order valence-electron chi connectivity index (χ3n) is 15.6. The molecule has 0 aromatic rings. The number of amides is 1. The zero-order valence-electron chi connectivity index (χ0n) is 32.9. The number of carbonyl (C=O) groups is 1. The van der Waals surface area contributed by atoms with Crippen molar-refractivity contribution in [3.8, 4) is 0 Å². The summed E-state index contributed by atoms with van der Waals surface area (Å²) in [6.45, 7) is 10.2. The van der Waals surface area contributed by atoms with Crippen molar-refractivity contribution in [2.24, 2.45) is 52.3 Å². The zero-order valence-corrected chi connectivity index (χ0v) is 32.9. The van der Waals surface area contributed by atoms with Crippen LogP contribution in [0, 0.1) is 52.3 Å². The highest BCUT2D eigenvalue weighted by Crippen LogP contribution is 2.68. The number of ether oxygens (including phenoxy) is 4. The van der Waals surface area contributed by atoms with Crippen LogP contribution in [0.4, 0.5) is 0 Å². The third-order valence-corrected chi connectivity index (χ3v) is 15.6. The molecule has 0 bridgehead atoms.